The standard InChI is InChI=1S/C19H17BrF3NO2/c20-11-5-10-18(17(25)24-12-19(21,22)23)13-6-1-3-8-15(13)26-16-9-4-2-7-14(16)18/h1-4,6-9H,5,10-12H2,(H,24,25). The molecule has 0 aliphatic carbocycles. The number of rotatable bonds is 5. The van der Waals surface area contributed by atoms with Crippen LogP contribution in [-0.2, 0) is 10.2 Å². The maximum atomic E-state index is 13.1. The molecular formula is C19H17BrF3NO2. The molecular weight excluding hydrogens is 411 g/mol. The van der Waals surface area contributed by atoms with Gasteiger partial charge in [0.05, 0.1) is 0 Å². The fourth-order valence-electron chi connectivity index (χ4n) is 3.37. The molecule has 0 aromatic heterocycles. The number of carbonyl (C=O) groups excluding carboxylic acids is 1. The van der Waals surface area contributed by atoms with E-state index in [-0.39, 0.29) is 0 Å². The molecule has 3 rings (SSSR count). The van der Waals surface area contributed by atoms with Gasteiger partial charge in [-0.05, 0) is 25.0 Å². The van der Waals surface area contributed by atoms with Crippen LogP contribution in [0.1, 0.15) is 24.0 Å². The van der Waals surface area contributed by atoms with Crippen molar-refractivity contribution in [2.24, 2.45) is 0 Å². The number of ether oxygens (including phenoxy) is 1. The molecule has 7 heteroatoms. The quantitative estimate of drug-likeness (QED) is 0.686. The second-order valence-electron chi connectivity index (χ2n) is 6.09. The molecule has 2 aromatic rings. The summed E-state index contributed by atoms with van der Waals surface area (Å²) in [6, 6.07) is 14.0. The van der Waals surface area contributed by atoms with Crippen LogP contribution >= 0.6 is 15.9 Å². The Morgan fingerprint density at radius 1 is 1.04 bits per heavy atom. The van der Waals surface area contributed by atoms with Crippen LogP contribution in [0.4, 0.5) is 13.2 Å². The highest BCUT2D eigenvalue weighted by atomic mass is 79.9. The Bertz CT molecular complexity index is 762. The van der Waals surface area contributed by atoms with Crippen molar-refractivity contribution in [3.8, 4) is 11.5 Å². The largest absolute Gasteiger partial charge is 0.457 e. The van der Waals surface area contributed by atoms with Crippen molar-refractivity contribution in [1.82, 2.24) is 5.32 Å². The molecule has 1 N–H and O–H groups in total. The van der Waals surface area contributed by atoms with Crippen molar-refractivity contribution in [1.29, 1.82) is 0 Å². The number of alkyl halides is 4. The molecule has 138 valence electrons. The third-order valence-corrected chi connectivity index (χ3v) is 5.00. The maximum absolute atomic E-state index is 13.1. The first-order valence-electron chi connectivity index (χ1n) is 8.16. The van der Waals surface area contributed by atoms with Crippen LogP contribution in [0.15, 0.2) is 48.5 Å². The number of halogens is 4. The van der Waals surface area contributed by atoms with E-state index in [0.29, 0.717) is 40.8 Å². The first-order chi connectivity index (χ1) is 12.4. The monoisotopic (exact) mass is 427 g/mol. The number of hydrogen-bond acceptors (Lipinski definition) is 2. The minimum absolute atomic E-state index is 0.360. The number of nitrogens with one attached hydrogen (secondary N) is 1. The summed E-state index contributed by atoms with van der Waals surface area (Å²) < 4.78 is 44.0. The Kier molecular flexibility index (Phi) is 5.27. The van der Waals surface area contributed by atoms with Crippen molar-refractivity contribution < 1.29 is 22.7 Å². The number of fused-ring (bicyclic) bond motifs is 2. The lowest BCUT2D eigenvalue weighted by atomic mass is 9.68. The molecule has 0 radical (unpaired) electrons. The van der Waals surface area contributed by atoms with Crippen LogP contribution < -0.4 is 10.1 Å². The van der Waals surface area contributed by atoms with Crippen LogP contribution in [0.2, 0.25) is 0 Å². The zero-order chi connectivity index (χ0) is 18.8. The van der Waals surface area contributed by atoms with Crippen LogP contribution in [0, 0.1) is 0 Å². The zero-order valence-electron chi connectivity index (χ0n) is 13.8. The SMILES string of the molecule is O=C(NCC(F)(F)F)C1(CCCBr)c2ccccc2Oc2ccccc21. The van der Waals surface area contributed by atoms with Gasteiger partial charge < -0.3 is 10.1 Å². The Morgan fingerprint density at radius 2 is 1.58 bits per heavy atom. The molecule has 0 fully saturated rings. The van der Waals surface area contributed by atoms with Gasteiger partial charge in [0.2, 0.25) is 5.91 Å². The van der Waals surface area contributed by atoms with Crippen LogP contribution in [0.25, 0.3) is 0 Å². The molecule has 0 unspecified atom stereocenters. The molecule has 0 spiro atoms. The molecule has 1 aliphatic heterocycles. The Balaban J connectivity index is 2.15. The lowest BCUT2D eigenvalue weighted by Crippen LogP contribution is -2.49. The minimum Gasteiger partial charge on any atom is -0.457 e. The van der Waals surface area contributed by atoms with Gasteiger partial charge in [0.15, 0.2) is 0 Å². The molecule has 26 heavy (non-hydrogen) atoms. The van der Waals surface area contributed by atoms with Gasteiger partial charge in [0, 0.05) is 16.5 Å². The van der Waals surface area contributed by atoms with E-state index in [1.807, 2.05) is 0 Å². The Labute approximate surface area is 157 Å². The van der Waals surface area contributed by atoms with Gasteiger partial charge in [0.1, 0.15) is 23.5 Å². The van der Waals surface area contributed by atoms with Gasteiger partial charge >= 0.3 is 6.18 Å². The molecule has 0 saturated carbocycles. The highest BCUT2D eigenvalue weighted by Gasteiger charge is 2.48. The summed E-state index contributed by atoms with van der Waals surface area (Å²) in [6.45, 7) is -1.37. The van der Waals surface area contributed by atoms with Gasteiger partial charge in [0.25, 0.3) is 0 Å². The van der Waals surface area contributed by atoms with Gasteiger partial charge in [-0.2, -0.15) is 13.2 Å². The third-order valence-electron chi connectivity index (χ3n) is 4.44. The normalized spacial score (nSPS) is 14.8. The molecule has 0 bridgehead atoms. The topological polar surface area (TPSA) is 38.3 Å². The van der Waals surface area contributed by atoms with E-state index in [1.165, 1.54) is 0 Å². The number of carbonyl (C=O) groups is 1. The van der Waals surface area contributed by atoms with Gasteiger partial charge in [-0.25, -0.2) is 0 Å². The number of amides is 1. The molecule has 0 saturated heterocycles. The average Bonchev–Trinajstić information content (AvgIpc) is 2.62. The summed E-state index contributed by atoms with van der Waals surface area (Å²) >= 11 is 3.36. The maximum Gasteiger partial charge on any atom is 0.405 e. The van der Waals surface area contributed by atoms with E-state index in [4.69, 9.17) is 4.74 Å². The molecule has 0 atom stereocenters. The van der Waals surface area contributed by atoms with E-state index >= 15 is 0 Å². The van der Waals surface area contributed by atoms with Gasteiger partial charge in [-0.15, -0.1) is 0 Å². The molecule has 3 nitrogen and oxygen atoms in total. The summed E-state index contributed by atoms with van der Waals surface area (Å²) in [5.41, 5.74) is -0.0663. The molecule has 1 amide bonds. The fraction of sp³-hybridized carbons (Fsp3) is 0.316. The zero-order valence-corrected chi connectivity index (χ0v) is 15.4. The summed E-state index contributed by atoms with van der Waals surface area (Å²) in [7, 11) is 0. The van der Waals surface area contributed by atoms with E-state index in [1.54, 1.807) is 48.5 Å². The van der Waals surface area contributed by atoms with Crippen LogP contribution in [0.3, 0.4) is 0 Å². The van der Waals surface area contributed by atoms with E-state index in [2.05, 4.69) is 21.2 Å². The van der Waals surface area contributed by atoms with Crippen molar-refractivity contribution in [2.75, 3.05) is 11.9 Å². The summed E-state index contributed by atoms with van der Waals surface area (Å²) in [5.74, 6) is 0.310. The van der Waals surface area contributed by atoms with E-state index in [0.717, 1.165) is 0 Å². The summed E-state index contributed by atoms with van der Waals surface area (Å²) in [4.78, 5) is 13.1. The predicted molar refractivity (Wildman–Crippen MR) is 95.8 cm³/mol. The van der Waals surface area contributed by atoms with Crippen molar-refractivity contribution in [2.45, 2.75) is 24.4 Å². The first kappa shape index (κ1) is 18.8. The second-order valence-corrected chi connectivity index (χ2v) is 6.88. The molecule has 1 heterocycles. The van der Waals surface area contributed by atoms with Gasteiger partial charge in [-0.3, -0.25) is 4.79 Å². The highest BCUT2D eigenvalue weighted by Crippen LogP contribution is 2.50. The van der Waals surface area contributed by atoms with Gasteiger partial charge in [-0.1, -0.05) is 52.3 Å². The van der Waals surface area contributed by atoms with Crippen molar-refractivity contribution in [3.05, 3.63) is 59.7 Å². The second kappa shape index (κ2) is 7.31. The molecule has 1 aliphatic rings. The average molecular weight is 428 g/mol. The lowest BCUT2D eigenvalue weighted by molar-refractivity contribution is -0.141. The molecule has 2 aromatic carbocycles. The van der Waals surface area contributed by atoms with E-state index < -0.39 is 24.0 Å². The Hall–Kier alpha value is -2.02. The van der Waals surface area contributed by atoms with Crippen molar-refractivity contribution in [3.63, 3.8) is 0 Å². The number of hydrogen-bond donors (Lipinski definition) is 1. The van der Waals surface area contributed by atoms with Crippen LogP contribution in [-0.4, -0.2) is 24.0 Å². The van der Waals surface area contributed by atoms with Crippen molar-refractivity contribution >= 4 is 21.8 Å². The smallest absolute Gasteiger partial charge is 0.405 e. The fourth-order valence-corrected chi connectivity index (χ4v) is 3.65. The number of para-hydroxylation sites is 2. The summed E-state index contributed by atoms with van der Waals surface area (Å²) in [5, 5.41) is 2.72. The first-order valence-corrected chi connectivity index (χ1v) is 9.28. The highest BCUT2D eigenvalue weighted by molar-refractivity contribution is 9.09. The van der Waals surface area contributed by atoms with Crippen LogP contribution in [0.5, 0.6) is 11.5 Å². The third kappa shape index (κ3) is 3.45. The lowest BCUT2D eigenvalue weighted by Gasteiger charge is -2.39. The van der Waals surface area contributed by atoms with E-state index in [9.17, 15) is 18.0 Å². The summed E-state index contributed by atoms with van der Waals surface area (Å²) in [6.07, 6.45) is -3.50. The predicted octanol–water partition coefficient (Wildman–Crippen LogP) is 4.93. The Morgan fingerprint density at radius 3 is 2.08 bits per heavy atom. The number of benzene rings is 2. The minimum atomic E-state index is -4.48.